The lowest BCUT2D eigenvalue weighted by Crippen LogP contribution is -2.50. The Kier molecular flexibility index (Phi) is 5.42. The standard InChI is InChI=1S/C28H35NO4/c1-27-14-12-17(26(31)32)16-18(27)4-9-21-22-10-11-24(28(22,2)15-13-23(21)27)25(30)29-19-5-7-20(33-3)8-6-19/h4-8,16,21-24H,9-15H2,1-3H3,(H,29,30)(H,31,32)/t21?,22?,23?,24-,27+,28+/m1/s1. The number of nitrogens with one attached hydrogen (secondary N) is 1. The maximum atomic E-state index is 13.4. The lowest BCUT2D eigenvalue weighted by atomic mass is 9.48. The SMILES string of the molecule is COc1ccc(NC(=O)[C@H]2CCC3C4CC=C5C=C(C(=O)O)CC[C@]5(C)C4CC[C@@]32C)cc1. The lowest BCUT2D eigenvalue weighted by molar-refractivity contribution is -0.133. The van der Waals surface area contributed by atoms with Gasteiger partial charge in [0.15, 0.2) is 0 Å². The van der Waals surface area contributed by atoms with Crippen LogP contribution in [0.25, 0.3) is 0 Å². The number of hydrogen-bond donors (Lipinski definition) is 2. The first-order valence-corrected chi connectivity index (χ1v) is 12.4. The van der Waals surface area contributed by atoms with Crippen LogP contribution in [-0.2, 0) is 9.59 Å². The molecule has 2 fully saturated rings. The molecule has 0 aliphatic heterocycles. The van der Waals surface area contributed by atoms with Crippen LogP contribution in [0.1, 0.15) is 58.8 Å². The Morgan fingerprint density at radius 3 is 2.52 bits per heavy atom. The molecule has 4 aliphatic rings. The molecule has 176 valence electrons. The van der Waals surface area contributed by atoms with Gasteiger partial charge in [0.05, 0.1) is 7.11 Å². The Hall–Kier alpha value is -2.56. The van der Waals surface area contributed by atoms with Gasteiger partial charge in [0.25, 0.3) is 0 Å². The van der Waals surface area contributed by atoms with E-state index in [0.29, 0.717) is 29.7 Å². The van der Waals surface area contributed by atoms with Gasteiger partial charge >= 0.3 is 5.97 Å². The van der Waals surface area contributed by atoms with Crippen LogP contribution in [0.4, 0.5) is 5.69 Å². The van der Waals surface area contributed by atoms with Crippen LogP contribution in [0, 0.1) is 34.5 Å². The topological polar surface area (TPSA) is 75.6 Å². The smallest absolute Gasteiger partial charge is 0.331 e. The summed E-state index contributed by atoms with van der Waals surface area (Å²) in [6.07, 6.45) is 11.1. The Morgan fingerprint density at radius 2 is 1.82 bits per heavy atom. The predicted molar refractivity (Wildman–Crippen MR) is 128 cm³/mol. The van der Waals surface area contributed by atoms with Gasteiger partial charge in [0.1, 0.15) is 5.75 Å². The maximum absolute atomic E-state index is 13.4. The van der Waals surface area contributed by atoms with Crippen LogP contribution >= 0.6 is 0 Å². The second-order valence-corrected chi connectivity index (χ2v) is 11.1. The quantitative estimate of drug-likeness (QED) is 0.606. The van der Waals surface area contributed by atoms with Crippen LogP contribution in [0.3, 0.4) is 0 Å². The second-order valence-electron chi connectivity index (χ2n) is 11.1. The van der Waals surface area contributed by atoms with Gasteiger partial charge < -0.3 is 15.2 Å². The van der Waals surface area contributed by atoms with Crippen molar-refractivity contribution in [1.82, 2.24) is 0 Å². The largest absolute Gasteiger partial charge is 0.497 e. The summed E-state index contributed by atoms with van der Waals surface area (Å²) in [4.78, 5) is 24.9. The van der Waals surface area contributed by atoms with Gasteiger partial charge in [-0.2, -0.15) is 0 Å². The van der Waals surface area contributed by atoms with E-state index in [-0.39, 0.29) is 22.7 Å². The number of methoxy groups -OCH3 is 1. The van der Waals surface area contributed by atoms with E-state index in [0.717, 1.165) is 50.0 Å². The first-order chi connectivity index (χ1) is 15.8. The fourth-order valence-corrected chi connectivity index (χ4v) is 7.83. The van der Waals surface area contributed by atoms with Gasteiger partial charge in [-0.1, -0.05) is 19.9 Å². The molecule has 1 amide bonds. The molecule has 1 aromatic rings. The highest BCUT2D eigenvalue weighted by Gasteiger charge is 2.59. The van der Waals surface area contributed by atoms with Gasteiger partial charge in [0, 0.05) is 17.2 Å². The molecule has 0 radical (unpaired) electrons. The Labute approximate surface area is 196 Å². The van der Waals surface area contributed by atoms with Crippen molar-refractivity contribution < 1.29 is 19.4 Å². The molecule has 5 rings (SSSR count). The molecule has 0 bridgehead atoms. The molecule has 5 heteroatoms. The molecule has 0 heterocycles. The number of benzene rings is 1. The summed E-state index contributed by atoms with van der Waals surface area (Å²) in [6, 6.07) is 7.55. The molecule has 1 aromatic carbocycles. The molecule has 2 N–H and O–H groups in total. The molecule has 3 unspecified atom stereocenters. The fraction of sp³-hybridized carbons (Fsp3) is 0.571. The number of anilines is 1. The van der Waals surface area contributed by atoms with Crippen LogP contribution in [0.5, 0.6) is 5.75 Å². The minimum Gasteiger partial charge on any atom is -0.497 e. The van der Waals surface area contributed by atoms with Crippen molar-refractivity contribution >= 4 is 17.6 Å². The van der Waals surface area contributed by atoms with E-state index in [1.807, 2.05) is 30.3 Å². The zero-order valence-electron chi connectivity index (χ0n) is 19.9. The summed E-state index contributed by atoms with van der Waals surface area (Å²) in [7, 11) is 1.64. The molecule has 33 heavy (non-hydrogen) atoms. The van der Waals surface area contributed by atoms with Crippen molar-refractivity contribution in [3.63, 3.8) is 0 Å². The van der Waals surface area contributed by atoms with Crippen LogP contribution in [0.15, 0.2) is 47.6 Å². The summed E-state index contributed by atoms with van der Waals surface area (Å²) in [5.41, 5.74) is 2.70. The number of fused-ring (bicyclic) bond motifs is 5. The normalized spacial score (nSPS) is 37.1. The minimum atomic E-state index is -0.780. The highest BCUT2D eigenvalue weighted by molar-refractivity contribution is 5.93. The van der Waals surface area contributed by atoms with E-state index >= 15 is 0 Å². The van der Waals surface area contributed by atoms with Crippen molar-refractivity contribution in [1.29, 1.82) is 0 Å². The molecule has 5 nitrogen and oxygen atoms in total. The van der Waals surface area contributed by atoms with E-state index in [9.17, 15) is 14.7 Å². The van der Waals surface area contributed by atoms with Crippen molar-refractivity contribution in [2.24, 2.45) is 34.5 Å². The van der Waals surface area contributed by atoms with Gasteiger partial charge in [0.2, 0.25) is 5.91 Å². The lowest BCUT2D eigenvalue weighted by Gasteiger charge is -2.56. The summed E-state index contributed by atoms with van der Waals surface area (Å²) in [5, 5.41) is 12.6. The fourth-order valence-electron chi connectivity index (χ4n) is 7.83. The zero-order valence-corrected chi connectivity index (χ0v) is 19.9. The number of hydrogen-bond acceptors (Lipinski definition) is 3. The third kappa shape index (κ3) is 3.51. The van der Waals surface area contributed by atoms with E-state index in [1.165, 1.54) is 5.57 Å². The highest BCUT2D eigenvalue weighted by Crippen LogP contribution is 2.66. The Morgan fingerprint density at radius 1 is 1.06 bits per heavy atom. The van der Waals surface area contributed by atoms with Crippen molar-refractivity contribution in [3.05, 3.63) is 47.6 Å². The molecule has 4 aliphatic carbocycles. The monoisotopic (exact) mass is 449 g/mol. The number of rotatable bonds is 4. The molecule has 0 spiro atoms. The average molecular weight is 450 g/mol. The van der Waals surface area contributed by atoms with Crippen molar-refractivity contribution in [2.45, 2.75) is 58.8 Å². The number of ether oxygens (including phenoxy) is 1. The summed E-state index contributed by atoms with van der Waals surface area (Å²) in [6.45, 7) is 4.71. The summed E-state index contributed by atoms with van der Waals surface area (Å²) < 4.78 is 5.22. The number of carbonyl (C=O) groups is 2. The van der Waals surface area contributed by atoms with Crippen LogP contribution < -0.4 is 10.1 Å². The molecular weight excluding hydrogens is 414 g/mol. The minimum absolute atomic E-state index is 0.0240. The second kappa shape index (κ2) is 8.03. The van der Waals surface area contributed by atoms with E-state index in [4.69, 9.17) is 4.74 Å². The summed E-state index contributed by atoms with van der Waals surface area (Å²) in [5.74, 6) is 1.88. The zero-order chi connectivity index (χ0) is 23.4. The van der Waals surface area contributed by atoms with Gasteiger partial charge in [-0.05, 0) is 109 Å². The van der Waals surface area contributed by atoms with E-state index < -0.39 is 5.97 Å². The molecule has 0 saturated heterocycles. The van der Waals surface area contributed by atoms with Crippen molar-refractivity contribution in [3.8, 4) is 5.75 Å². The molecule has 0 aromatic heterocycles. The van der Waals surface area contributed by atoms with Crippen LogP contribution in [0.2, 0.25) is 0 Å². The summed E-state index contributed by atoms with van der Waals surface area (Å²) >= 11 is 0. The molecular formula is C28H35NO4. The van der Waals surface area contributed by atoms with Crippen LogP contribution in [-0.4, -0.2) is 24.1 Å². The number of carbonyl (C=O) groups excluding carboxylic acids is 1. The molecule has 6 atom stereocenters. The highest BCUT2D eigenvalue weighted by atomic mass is 16.5. The third-order valence-electron chi connectivity index (χ3n) is 9.72. The van der Waals surface area contributed by atoms with Gasteiger partial charge in [-0.3, -0.25) is 4.79 Å². The van der Waals surface area contributed by atoms with E-state index in [2.05, 4.69) is 25.2 Å². The molecule has 2 saturated carbocycles. The first kappa shape index (κ1) is 22.2. The van der Waals surface area contributed by atoms with Crippen molar-refractivity contribution in [2.75, 3.05) is 12.4 Å². The predicted octanol–water partition coefficient (Wildman–Crippen LogP) is 5.83. The number of carboxylic acid groups (broad SMARTS) is 1. The number of aliphatic carboxylic acids is 1. The Balaban J connectivity index is 1.35. The number of allylic oxidation sites excluding steroid dienone is 3. The Bertz CT molecular complexity index is 1020. The van der Waals surface area contributed by atoms with Gasteiger partial charge in [-0.25, -0.2) is 4.79 Å². The third-order valence-corrected chi connectivity index (χ3v) is 9.72. The maximum Gasteiger partial charge on any atom is 0.331 e. The first-order valence-electron chi connectivity index (χ1n) is 12.4. The van der Waals surface area contributed by atoms with Gasteiger partial charge in [-0.15, -0.1) is 0 Å². The number of amides is 1. The van der Waals surface area contributed by atoms with E-state index in [1.54, 1.807) is 7.11 Å². The average Bonchev–Trinajstić information content (AvgIpc) is 3.16. The number of carboxylic acids is 1.